The number of alkyl halides is 1. The van der Waals surface area contributed by atoms with Crippen LogP contribution >= 0.6 is 23.2 Å². The minimum atomic E-state index is -1.37. The zero-order valence-corrected chi connectivity index (χ0v) is 7.51. The van der Waals surface area contributed by atoms with Crippen LogP contribution in [0, 0.1) is 5.92 Å². The Hall–Kier alpha value is -0.510. The number of carbonyl (C=O) groups is 1. The zero-order chi connectivity index (χ0) is 9.35. The van der Waals surface area contributed by atoms with Gasteiger partial charge in [0.25, 0.3) is 0 Å². The summed E-state index contributed by atoms with van der Waals surface area (Å²) in [6, 6.07) is 0. The van der Waals surface area contributed by atoms with Crippen LogP contribution in [0.15, 0.2) is 23.3 Å². The quantitative estimate of drug-likeness (QED) is 0.503. The molecule has 66 valence electrons. The van der Waals surface area contributed by atoms with Crippen LogP contribution in [0.5, 0.6) is 0 Å². The van der Waals surface area contributed by atoms with Crippen molar-refractivity contribution in [3.8, 4) is 0 Å². The molecule has 0 saturated heterocycles. The molecule has 2 unspecified atom stereocenters. The number of allylic oxidation sites excluding steroid dienone is 2. The molecular weight excluding hydrogens is 201 g/mol. The Morgan fingerprint density at radius 2 is 2.33 bits per heavy atom. The van der Waals surface area contributed by atoms with Crippen molar-refractivity contribution in [3.63, 3.8) is 0 Å². The van der Waals surface area contributed by atoms with Crippen molar-refractivity contribution in [2.45, 2.75) is 5.00 Å². The first-order chi connectivity index (χ1) is 5.43. The van der Waals surface area contributed by atoms with Gasteiger partial charge in [-0.15, -0.1) is 0 Å². The van der Waals surface area contributed by atoms with Crippen LogP contribution in [0.1, 0.15) is 0 Å². The lowest BCUT2D eigenvalue weighted by molar-refractivity contribution is -0.140. The lowest BCUT2D eigenvalue weighted by Gasteiger charge is -2.25. The van der Waals surface area contributed by atoms with Crippen molar-refractivity contribution >= 4 is 29.2 Å². The fourth-order valence-corrected chi connectivity index (χ4v) is 1.32. The smallest absolute Gasteiger partial charge is 0.313 e. The molecule has 3 N–H and O–H groups in total. The molecular formula is C7H7Cl2NO2. The summed E-state index contributed by atoms with van der Waals surface area (Å²) in [6.07, 6.45) is 4.17. The molecule has 0 aromatic heterocycles. The summed E-state index contributed by atoms with van der Waals surface area (Å²) in [6.45, 7) is 0. The topological polar surface area (TPSA) is 63.3 Å². The lowest BCUT2D eigenvalue weighted by atomic mass is 9.95. The molecule has 3 nitrogen and oxygen atoms in total. The number of halogens is 2. The van der Waals surface area contributed by atoms with Gasteiger partial charge in [-0.3, -0.25) is 4.79 Å². The van der Waals surface area contributed by atoms with E-state index < -0.39 is 16.9 Å². The highest BCUT2D eigenvalue weighted by Crippen LogP contribution is 2.29. The van der Waals surface area contributed by atoms with E-state index in [4.69, 9.17) is 34.0 Å². The summed E-state index contributed by atoms with van der Waals surface area (Å²) in [7, 11) is 0. The minimum absolute atomic E-state index is 0.337. The van der Waals surface area contributed by atoms with Crippen LogP contribution in [0.25, 0.3) is 0 Å². The number of carboxylic acid groups (broad SMARTS) is 1. The van der Waals surface area contributed by atoms with Crippen LogP contribution in [0.3, 0.4) is 0 Å². The molecule has 0 fully saturated rings. The van der Waals surface area contributed by atoms with E-state index in [-0.39, 0.29) is 0 Å². The molecule has 0 aromatic carbocycles. The van der Waals surface area contributed by atoms with Gasteiger partial charge in [0.15, 0.2) is 0 Å². The van der Waals surface area contributed by atoms with E-state index >= 15 is 0 Å². The summed E-state index contributed by atoms with van der Waals surface area (Å²) in [5.41, 5.74) is 5.48. The van der Waals surface area contributed by atoms with Crippen LogP contribution in [0.4, 0.5) is 0 Å². The molecule has 1 rings (SSSR count). The van der Waals surface area contributed by atoms with Gasteiger partial charge in [-0.2, -0.15) is 0 Å². The fourth-order valence-electron chi connectivity index (χ4n) is 0.914. The summed E-state index contributed by atoms with van der Waals surface area (Å²) in [4.78, 5) is 9.24. The van der Waals surface area contributed by atoms with Gasteiger partial charge in [-0.05, 0) is 18.2 Å². The number of aliphatic carboxylic acids is 1. The summed E-state index contributed by atoms with van der Waals surface area (Å²) >= 11 is 11.3. The van der Waals surface area contributed by atoms with Gasteiger partial charge in [0, 0.05) is 5.03 Å². The highest BCUT2D eigenvalue weighted by atomic mass is 35.5. The summed E-state index contributed by atoms with van der Waals surface area (Å²) in [5.74, 6) is -2.06. The second-order valence-electron chi connectivity index (χ2n) is 2.53. The lowest BCUT2D eigenvalue weighted by Crippen LogP contribution is -2.44. The molecule has 2 atom stereocenters. The zero-order valence-electron chi connectivity index (χ0n) is 6.00. The Morgan fingerprint density at radius 3 is 2.75 bits per heavy atom. The van der Waals surface area contributed by atoms with E-state index in [1.807, 2.05) is 0 Å². The minimum Gasteiger partial charge on any atom is -0.481 e. The molecule has 0 saturated carbocycles. The second kappa shape index (κ2) is 3.09. The summed E-state index contributed by atoms with van der Waals surface area (Å²) < 4.78 is 0. The maximum atomic E-state index is 10.6. The normalized spacial score (nSPS) is 34.6. The number of hydrogen-bond acceptors (Lipinski definition) is 2. The maximum Gasteiger partial charge on any atom is 0.313 e. The van der Waals surface area contributed by atoms with Gasteiger partial charge in [0.2, 0.25) is 0 Å². The Balaban J connectivity index is 2.98. The van der Waals surface area contributed by atoms with Gasteiger partial charge in [0.1, 0.15) is 10.9 Å². The first kappa shape index (κ1) is 9.58. The Bertz CT molecular complexity index is 271. The number of carboxylic acids is 1. The monoisotopic (exact) mass is 207 g/mol. The molecule has 0 heterocycles. The average molecular weight is 208 g/mol. The number of nitrogens with two attached hydrogens (primary N) is 1. The van der Waals surface area contributed by atoms with Crippen LogP contribution < -0.4 is 5.73 Å². The molecule has 1 aliphatic carbocycles. The molecule has 0 amide bonds. The largest absolute Gasteiger partial charge is 0.481 e. The number of hydrogen-bond donors (Lipinski definition) is 2. The second-order valence-corrected chi connectivity index (χ2v) is 3.62. The van der Waals surface area contributed by atoms with E-state index in [0.717, 1.165) is 0 Å². The Kier molecular flexibility index (Phi) is 2.46. The van der Waals surface area contributed by atoms with Crippen molar-refractivity contribution in [2.24, 2.45) is 11.7 Å². The SMILES string of the molecule is NC1(Cl)C=CC(Cl)=CC1C(=O)O. The maximum absolute atomic E-state index is 10.6. The molecule has 1 aliphatic rings. The molecule has 0 spiro atoms. The molecule has 0 aliphatic heterocycles. The molecule has 5 heteroatoms. The highest BCUT2D eigenvalue weighted by Gasteiger charge is 2.36. The van der Waals surface area contributed by atoms with Crippen molar-refractivity contribution in [3.05, 3.63) is 23.3 Å². The van der Waals surface area contributed by atoms with Crippen molar-refractivity contribution < 1.29 is 9.90 Å². The third-order valence-electron chi connectivity index (χ3n) is 1.57. The van der Waals surface area contributed by atoms with Gasteiger partial charge < -0.3 is 10.8 Å². The predicted molar refractivity (Wildman–Crippen MR) is 47.0 cm³/mol. The van der Waals surface area contributed by atoms with Gasteiger partial charge in [0.05, 0.1) is 0 Å². The first-order valence-corrected chi connectivity index (χ1v) is 3.96. The van der Waals surface area contributed by atoms with Crippen molar-refractivity contribution in [2.75, 3.05) is 0 Å². The van der Waals surface area contributed by atoms with E-state index in [2.05, 4.69) is 0 Å². The summed E-state index contributed by atoms with van der Waals surface area (Å²) in [5, 5.41) is 9.03. The van der Waals surface area contributed by atoms with Gasteiger partial charge in [-0.1, -0.05) is 23.2 Å². The Morgan fingerprint density at radius 1 is 1.75 bits per heavy atom. The van der Waals surface area contributed by atoms with E-state index in [0.29, 0.717) is 5.03 Å². The molecule has 12 heavy (non-hydrogen) atoms. The van der Waals surface area contributed by atoms with Crippen molar-refractivity contribution in [1.29, 1.82) is 0 Å². The highest BCUT2D eigenvalue weighted by molar-refractivity contribution is 6.32. The van der Waals surface area contributed by atoms with Crippen LogP contribution in [0.2, 0.25) is 0 Å². The Labute approximate surface area is 79.4 Å². The third kappa shape index (κ3) is 1.80. The molecule has 0 radical (unpaired) electrons. The van der Waals surface area contributed by atoms with E-state index in [1.54, 1.807) is 0 Å². The van der Waals surface area contributed by atoms with Crippen LogP contribution in [-0.4, -0.2) is 16.1 Å². The predicted octanol–water partition coefficient (Wildman–Crippen LogP) is 1.27. The third-order valence-corrected chi connectivity index (χ3v) is 2.18. The van der Waals surface area contributed by atoms with Crippen molar-refractivity contribution in [1.82, 2.24) is 0 Å². The van der Waals surface area contributed by atoms with Crippen LogP contribution in [-0.2, 0) is 4.79 Å². The van der Waals surface area contributed by atoms with E-state index in [1.165, 1.54) is 18.2 Å². The number of rotatable bonds is 1. The fraction of sp³-hybridized carbons (Fsp3) is 0.286. The first-order valence-electron chi connectivity index (χ1n) is 3.20. The van der Waals surface area contributed by atoms with Gasteiger partial charge >= 0.3 is 5.97 Å². The molecule has 0 bridgehead atoms. The van der Waals surface area contributed by atoms with E-state index in [9.17, 15) is 4.79 Å². The standard InChI is InChI=1S/C7H7Cl2NO2/c8-4-1-2-7(9,10)5(3-4)6(11)12/h1-3,5H,10H2,(H,11,12). The molecule has 0 aromatic rings. The average Bonchev–Trinajstić information content (AvgIpc) is 1.94. The van der Waals surface area contributed by atoms with Gasteiger partial charge in [-0.25, -0.2) is 0 Å².